The molecule has 0 aliphatic heterocycles. The van der Waals surface area contributed by atoms with Gasteiger partial charge in [0.25, 0.3) is 0 Å². The third kappa shape index (κ3) is 3.44. The van der Waals surface area contributed by atoms with Crippen molar-refractivity contribution in [1.29, 1.82) is 0 Å². The third-order valence-electron chi connectivity index (χ3n) is 3.69. The fourth-order valence-electron chi connectivity index (χ4n) is 2.55. The minimum Gasteiger partial charge on any atom is -0.460 e. The fraction of sp³-hybridized carbons (Fsp3) is 0.733. The Labute approximate surface area is 110 Å². The van der Waals surface area contributed by atoms with Crippen LogP contribution >= 0.6 is 0 Å². The average molecular weight is 252 g/mol. The number of rotatable bonds is 4. The molecule has 0 N–H and O–H groups in total. The molecule has 1 saturated carbocycles. The van der Waals surface area contributed by atoms with Crippen molar-refractivity contribution in [3.8, 4) is 0 Å². The molecule has 0 heterocycles. The molecule has 3 heteroatoms. The predicted octanol–water partition coefficient (Wildman–Crippen LogP) is 3.28. The maximum absolute atomic E-state index is 12.0. The minimum atomic E-state index is -0.463. The van der Waals surface area contributed by atoms with Crippen LogP contribution in [0.2, 0.25) is 0 Å². The zero-order chi connectivity index (χ0) is 14.0. The van der Waals surface area contributed by atoms with E-state index in [0.29, 0.717) is 19.3 Å². The number of hydrogen-bond acceptors (Lipinski definition) is 3. The molecule has 0 amide bonds. The molecular formula is C15H24O3. The van der Waals surface area contributed by atoms with Crippen LogP contribution in [-0.4, -0.2) is 17.4 Å². The normalized spacial score (nSPS) is 28.2. The van der Waals surface area contributed by atoms with E-state index in [2.05, 4.69) is 6.58 Å². The van der Waals surface area contributed by atoms with Gasteiger partial charge < -0.3 is 4.74 Å². The summed E-state index contributed by atoms with van der Waals surface area (Å²) in [6, 6.07) is 0. The molecule has 0 spiro atoms. The molecule has 0 bridgehead atoms. The Balaban J connectivity index is 2.59. The molecule has 0 aromatic carbocycles. The smallest absolute Gasteiger partial charge is 0.306 e. The van der Waals surface area contributed by atoms with E-state index in [-0.39, 0.29) is 17.7 Å². The molecule has 0 radical (unpaired) electrons. The number of carbonyl (C=O) groups excluding carboxylic acids is 2. The first kappa shape index (κ1) is 14.9. The maximum atomic E-state index is 12.0. The number of esters is 1. The standard InChI is InChI=1S/C15H24O3/c1-6-11-7-8-12(16)15(11,5)10-9-13(17)18-14(2,3)4/h6,11H,1,7-10H2,2-5H3/t11-,15+/m1/s1. The summed E-state index contributed by atoms with van der Waals surface area (Å²) in [7, 11) is 0. The number of ether oxygens (including phenoxy) is 1. The Bertz CT molecular complexity index is 351. The van der Waals surface area contributed by atoms with Crippen LogP contribution in [0, 0.1) is 11.3 Å². The molecular weight excluding hydrogens is 228 g/mol. The van der Waals surface area contributed by atoms with E-state index >= 15 is 0 Å². The topological polar surface area (TPSA) is 43.4 Å². The lowest BCUT2D eigenvalue weighted by Crippen LogP contribution is -2.30. The number of hydrogen-bond donors (Lipinski definition) is 0. The van der Waals surface area contributed by atoms with Crippen LogP contribution in [0.15, 0.2) is 12.7 Å². The maximum Gasteiger partial charge on any atom is 0.306 e. The predicted molar refractivity (Wildman–Crippen MR) is 71.1 cm³/mol. The van der Waals surface area contributed by atoms with Gasteiger partial charge in [0.1, 0.15) is 11.4 Å². The molecule has 2 atom stereocenters. The summed E-state index contributed by atoms with van der Waals surface area (Å²) in [5.41, 5.74) is -0.895. The van der Waals surface area contributed by atoms with Crippen molar-refractivity contribution in [2.45, 2.75) is 59.0 Å². The van der Waals surface area contributed by atoms with Gasteiger partial charge in [0, 0.05) is 18.3 Å². The number of ketones is 1. The summed E-state index contributed by atoms with van der Waals surface area (Å²) >= 11 is 0. The highest BCUT2D eigenvalue weighted by atomic mass is 16.6. The van der Waals surface area contributed by atoms with Crippen LogP contribution in [0.1, 0.15) is 53.4 Å². The Morgan fingerprint density at radius 3 is 2.67 bits per heavy atom. The van der Waals surface area contributed by atoms with Crippen LogP contribution in [-0.2, 0) is 14.3 Å². The first-order chi connectivity index (χ1) is 8.19. The highest BCUT2D eigenvalue weighted by Gasteiger charge is 2.44. The van der Waals surface area contributed by atoms with Gasteiger partial charge in [-0.3, -0.25) is 9.59 Å². The third-order valence-corrected chi connectivity index (χ3v) is 3.69. The molecule has 1 aliphatic rings. The van der Waals surface area contributed by atoms with Gasteiger partial charge in [-0.1, -0.05) is 13.0 Å². The van der Waals surface area contributed by atoms with E-state index in [0.717, 1.165) is 6.42 Å². The number of allylic oxidation sites excluding steroid dienone is 1. The summed E-state index contributed by atoms with van der Waals surface area (Å²) in [5, 5.41) is 0. The van der Waals surface area contributed by atoms with Crippen LogP contribution in [0.5, 0.6) is 0 Å². The lowest BCUT2D eigenvalue weighted by Gasteiger charge is -2.28. The van der Waals surface area contributed by atoms with Gasteiger partial charge in [0.2, 0.25) is 0 Å². The van der Waals surface area contributed by atoms with Crippen molar-refractivity contribution in [3.63, 3.8) is 0 Å². The van der Waals surface area contributed by atoms with Gasteiger partial charge in [-0.05, 0) is 39.5 Å². The van der Waals surface area contributed by atoms with Crippen LogP contribution < -0.4 is 0 Å². The van der Waals surface area contributed by atoms with E-state index in [1.54, 1.807) is 0 Å². The van der Waals surface area contributed by atoms with Gasteiger partial charge in [0.15, 0.2) is 0 Å². The van der Waals surface area contributed by atoms with Crippen molar-refractivity contribution < 1.29 is 14.3 Å². The first-order valence-corrected chi connectivity index (χ1v) is 6.57. The fourth-order valence-corrected chi connectivity index (χ4v) is 2.55. The largest absolute Gasteiger partial charge is 0.460 e. The molecule has 18 heavy (non-hydrogen) atoms. The van der Waals surface area contributed by atoms with Crippen molar-refractivity contribution in [3.05, 3.63) is 12.7 Å². The molecule has 0 aromatic rings. The van der Waals surface area contributed by atoms with E-state index in [4.69, 9.17) is 4.74 Å². The lowest BCUT2D eigenvalue weighted by atomic mass is 9.75. The molecule has 1 fully saturated rings. The molecule has 0 aromatic heterocycles. The zero-order valence-electron chi connectivity index (χ0n) is 11.9. The summed E-state index contributed by atoms with van der Waals surface area (Å²) in [5.74, 6) is 0.203. The highest BCUT2D eigenvalue weighted by Crippen LogP contribution is 2.44. The van der Waals surface area contributed by atoms with E-state index in [1.165, 1.54) is 0 Å². The Hall–Kier alpha value is -1.12. The lowest BCUT2D eigenvalue weighted by molar-refractivity contribution is -0.155. The van der Waals surface area contributed by atoms with E-state index in [9.17, 15) is 9.59 Å². The summed E-state index contributed by atoms with van der Waals surface area (Å²) < 4.78 is 5.27. The van der Waals surface area contributed by atoms with E-state index < -0.39 is 11.0 Å². The highest BCUT2D eigenvalue weighted by molar-refractivity contribution is 5.87. The van der Waals surface area contributed by atoms with Gasteiger partial charge in [0.05, 0.1) is 0 Å². The molecule has 3 nitrogen and oxygen atoms in total. The average Bonchev–Trinajstić information content (AvgIpc) is 2.51. The second-order valence-corrected chi connectivity index (χ2v) is 6.31. The van der Waals surface area contributed by atoms with Crippen molar-refractivity contribution in [1.82, 2.24) is 0 Å². The SMILES string of the molecule is C=C[C@@H]1CCC(=O)[C@@]1(C)CCC(=O)OC(C)(C)C. The molecule has 102 valence electrons. The molecule has 1 rings (SSSR count). The first-order valence-electron chi connectivity index (χ1n) is 6.57. The quantitative estimate of drug-likeness (QED) is 0.569. The van der Waals surface area contributed by atoms with Crippen molar-refractivity contribution in [2.75, 3.05) is 0 Å². The molecule has 1 aliphatic carbocycles. The summed E-state index contributed by atoms with van der Waals surface area (Å²) in [6.45, 7) is 11.3. The van der Waals surface area contributed by atoms with Crippen LogP contribution in [0.4, 0.5) is 0 Å². The molecule has 0 saturated heterocycles. The second kappa shape index (κ2) is 5.25. The Morgan fingerprint density at radius 2 is 2.17 bits per heavy atom. The van der Waals surface area contributed by atoms with Crippen LogP contribution in [0.25, 0.3) is 0 Å². The van der Waals surface area contributed by atoms with Gasteiger partial charge >= 0.3 is 5.97 Å². The van der Waals surface area contributed by atoms with Crippen molar-refractivity contribution >= 4 is 11.8 Å². The van der Waals surface area contributed by atoms with Gasteiger partial charge in [-0.15, -0.1) is 6.58 Å². The van der Waals surface area contributed by atoms with Crippen molar-refractivity contribution in [2.24, 2.45) is 11.3 Å². The van der Waals surface area contributed by atoms with Gasteiger partial charge in [-0.25, -0.2) is 0 Å². The molecule has 0 unspecified atom stereocenters. The summed E-state index contributed by atoms with van der Waals surface area (Å²) in [4.78, 5) is 23.7. The Kier molecular flexibility index (Phi) is 4.36. The second-order valence-electron chi connectivity index (χ2n) is 6.31. The minimum absolute atomic E-state index is 0.187. The van der Waals surface area contributed by atoms with Crippen LogP contribution in [0.3, 0.4) is 0 Å². The van der Waals surface area contributed by atoms with Gasteiger partial charge in [-0.2, -0.15) is 0 Å². The monoisotopic (exact) mass is 252 g/mol. The Morgan fingerprint density at radius 1 is 1.56 bits per heavy atom. The van der Waals surface area contributed by atoms with E-state index in [1.807, 2.05) is 33.8 Å². The zero-order valence-corrected chi connectivity index (χ0v) is 11.9. The number of Topliss-reactive ketones (excluding diaryl/α,β-unsaturated/α-hetero) is 1. The number of carbonyl (C=O) groups is 2. The summed E-state index contributed by atoms with van der Waals surface area (Å²) in [6.07, 6.45) is 4.15.